The van der Waals surface area contributed by atoms with Gasteiger partial charge in [0.25, 0.3) is 0 Å². The van der Waals surface area contributed by atoms with Crippen LogP contribution in [0.1, 0.15) is 16.8 Å². The second-order valence-corrected chi connectivity index (χ2v) is 3.59. The lowest BCUT2D eigenvalue weighted by Gasteiger charge is -2.16. The minimum Gasteiger partial charge on any atom is -0.324 e. The van der Waals surface area contributed by atoms with Crippen LogP contribution in [-0.4, -0.2) is 21.7 Å². The number of rotatable bonds is 0. The zero-order chi connectivity index (χ0) is 11.1. The van der Waals surface area contributed by atoms with Gasteiger partial charge >= 0.3 is 0 Å². The first-order chi connectivity index (χ1) is 7.75. The maximum absolute atomic E-state index is 11.6. The third-order valence-electron chi connectivity index (χ3n) is 2.58. The Labute approximate surface area is 90.5 Å². The number of nitrogens with one attached hydrogen (secondary N) is 1. The van der Waals surface area contributed by atoms with Gasteiger partial charge in [-0.15, -0.1) is 0 Å². The number of nitrogens with zero attached hydrogens (tertiary/aromatic N) is 2. The summed E-state index contributed by atoms with van der Waals surface area (Å²) in [6, 6.07) is 3.44. The fourth-order valence-electron chi connectivity index (χ4n) is 1.85. The number of anilines is 1. The van der Waals surface area contributed by atoms with E-state index < -0.39 is 0 Å². The Bertz CT molecular complexity index is 622. The Kier molecular flexibility index (Phi) is 1.73. The molecule has 0 saturated carbocycles. The van der Waals surface area contributed by atoms with E-state index in [1.807, 2.05) is 0 Å². The van der Waals surface area contributed by atoms with Crippen LogP contribution in [0.3, 0.4) is 0 Å². The number of benzene rings is 1. The molecule has 16 heavy (non-hydrogen) atoms. The van der Waals surface area contributed by atoms with Crippen molar-refractivity contribution < 1.29 is 9.59 Å². The largest absolute Gasteiger partial charge is 0.324 e. The molecule has 0 radical (unpaired) electrons. The smallest absolute Gasteiger partial charge is 0.232 e. The van der Waals surface area contributed by atoms with Gasteiger partial charge < -0.3 is 5.32 Å². The summed E-state index contributed by atoms with van der Waals surface area (Å²) >= 11 is 0. The molecule has 0 unspecified atom stereocenters. The summed E-state index contributed by atoms with van der Waals surface area (Å²) in [4.78, 5) is 30.9. The van der Waals surface area contributed by atoms with Gasteiger partial charge in [-0.1, -0.05) is 0 Å². The number of hydrogen-bond acceptors (Lipinski definition) is 4. The molecule has 5 heteroatoms. The summed E-state index contributed by atoms with van der Waals surface area (Å²) in [6.45, 7) is 0. The molecule has 5 nitrogen and oxygen atoms in total. The van der Waals surface area contributed by atoms with Crippen molar-refractivity contribution in [2.24, 2.45) is 0 Å². The molecule has 1 aromatic heterocycles. The van der Waals surface area contributed by atoms with Gasteiger partial charge in [0.2, 0.25) is 5.91 Å². The Morgan fingerprint density at radius 1 is 1.25 bits per heavy atom. The van der Waals surface area contributed by atoms with Gasteiger partial charge in [0.15, 0.2) is 5.78 Å². The standard InChI is InChI=1S/C11H7N3O2/c15-9-3-10(16)14-11-6(9)1-2-8-7(11)4-12-5-13-8/h1-2,4-5H,3H2,(H,14,16). The van der Waals surface area contributed by atoms with Crippen LogP contribution in [0.2, 0.25) is 0 Å². The molecule has 1 aliphatic rings. The zero-order valence-corrected chi connectivity index (χ0v) is 8.23. The lowest BCUT2D eigenvalue weighted by molar-refractivity contribution is -0.115. The maximum Gasteiger partial charge on any atom is 0.232 e. The Hall–Kier alpha value is -2.30. The minimum atomic E-state index is -0.283. The molecule has 1 N–H and O–H groups in total. The predicted octanol–water partition coefficient (Wildman–Crippen LogP) is 1.15. The molecule has 1 amide bonds. The molecule has 0 saturated heterocycles. The fourth-order valence-corrected chi connectivity index (χ4v) is 1.85. The molecule has 0 aliphatic carbocycles. The topological polar surface area (TPSA) is 72.0 Å². The molecule has 2 heterocycles. The number of fused-ring (bicyclic) bond motifs is 3. The third kappa shape index (κ3) is 1.18. The summed E-state index contributed by atoms with van der Waals surface area (Å²) in [5.41, 5.74) is 1.77. The predicted molar refractivity (Wildman–Crippen MR) is 57.1 cm³/mol. The molecule has 78 valence electrons. The normalized spacial score (nSPS) is 14.8. The summed E-state index contributed by atoms with van der Waals surface area (Å²) in [6.07, 6.45) is 2.94. The van der Waals surface area contributed by atoms with E-state index >= 15 is 0 Å². The molecule has 3 rings (SSSR count). The van der Waals surface area contributed by atoms with E-state index in [2.05, 4.69) is 15.3 Å². The first-order valence-electron chi connectivity index (χ1n) is 4.81. The van der Waals surface area contributed by atoms with Gasteiger partial charge in [-0.25, -0.2) is 9.97 Å². The van der Waals surface area contributed by atoms with Crippen molar-refractivity contribution in [2.45, 2.75) is 6.42 Å². The first kappa shape index (κ1) is 8.96. The van der Waals surface area contributed by atoms with E-state index in [-0.39, 0.29) is 18.1 Å². The van der Waals surface area contributed by atoms with Gasteiger partial charge in [0, 0.05) is 17.1 Å². The molecule has 0 bridgehead atoms. The summed E-state index contributed by atoms with van der Waals surface area (Å²) in [7, 11) is 0. The number of amides is 1. The van der Waals surface area contributed by atoms with E-state index in [0.29, 0.717) is 22.2 Å². The summed E-state index contributed by atoms with van der Waals surface area (Å²) in [5.74, 6) is -0.446. The monoisotopic (exact) mass is 213 g/mol. The molecule has 0 spiro atoms. The van der Waals surface area contributed by atoms with Gasteiger partial charge in [-0.05, 0) is 12.1 Å². The highest BCUT2D eigenvalue weighted by molar-refractivity contribution is 6.22. The molecular formula is C11H7N3O2. The van der Waals surface area contributed by atoms with E-state index in [0.717, 1.165) is 0 Å². The van der Waals surface area contributed by atoms with Gasteiger partial charge in [0.1, 0.15) is 6.33 Å². The Morgan fingerprint density at radius 3 is 3.00 bits per heavy atom. The van der Waals surface area contributed by atoms with Crippen molar-refractivity contribution in [3.05, 3.63) is 30.2 Å². The minimum absolute atomic E-state index is 0.0911. The quantitative estimate of drug-likeness (QED) is 0.666. The van der Waals surface area contributed by atoms with E-state index in [1.165, 1.54) is 6.33 Å². The van der Waals surface area contributed by atoms with Crippen LogP contribution in [0.5, 0.6) is 0 Å². The molecule has 1 aromatic carbocycles. The number of carbonyl (C=O) groups is 2. The second-order valence-electron chi connectivity index (χ2n) is 3.59. The molecule has 2 aromatic rings. The van der Waals surface area contributed by atoms with Crippen molar-refractivity contribution in [1.29, 1.82) is 0 Å². The highest BCUT2D eigenvalue weighted by Gasteiger charge is 2.24. The number of aromatic nitrogens is 2. The Balaban J connectivity index is 2.37. The number of Topliss-reactive ketones (excluding diaryl/α,β-unsaturated/α-hetero) is 1. The van der Waals surface area contributed by atoms with Crippen LogP contribution in [-0.2, 0) is 4.79 Å². The van der Waals surface area contributed by atoms with Gasteiger partial charge in [-0.3, -0.25) is 9.59 Å². The molecule has 1 aliphatic heterocycles. The van der Waals surface area contributed by atoms with E-state index in [9.17, 15) is 9.59 Å². The lowest BCUT2D eigenvalue weighted by atomic mass is 9.99. The number of carbonyl (C=O) groups excluding carboxylic acids is 2. The van der Waals surface area contributed by atoms with Gasteiger partial charge in [-0.2, -0.15) is 0 Å². The average Bonchev–Trinajstić information content (AvgIpc) is 2.28. The number of ketones is 1. The van der Waals surface area contributed by atoms with Gasteiger partial charge in [0.05, 0.1) is 17.6 Å². The third-order valence-corrected chi connectivity index (χ3v) is 2.58. The molecule has 0 fully saturated rings. The van der Waals surface area contributed by atoms with Crippen LogP contribution in [0.15, 0.2) is 24.7 Å². The highest BCUT2D eigenvalue weighted by Crippen LogP contribution is 2.29. The second kappa shape index (κ2) is 3.10. The van der Waals surface area contributed by atoms with Crippen molar-refractivity contribution in [3.8, 4) is 0 Å². The maximum atomic E-state index is 11.6. The van der Waals surface area contributed by atoms with E-state index in [1.54, 1.807) is 18.3 Å². The van der Waals surface area contributed by atoms with Crippen LogP contribution in [0.4, 0.5) is 5.69 Å². The van der Waals surface area contributed by atoms with Crippen molar-refractivity contribution in [2.75, 3.05) is 5.32 Å². The highest BCUT2D eigenvalue weighted by atomic mass is 16.2. The Morgan fingerprint density at radius 2 is 2.12 bits per heavy atom. The zero-order valence-electron chi connectivity index (χ0n) is 8.23. The average molecular weight is 213 g/mol. The van der Waals surface area contributed by atoms with Crippen molar-refractivity contribution in [3.63, 3.8) is 0 Å². The van der Waals surface area contributed by atoms with Crippen molar-refractivity contribution >= 4 is 28.3 Å². The lowest BCUT2D eigenvalue weighted by Crippen LogP contribution is -2.24. The summed E-state index contributed by atoms with van der Waals surface area (Å²) < 4.78 is 0. The first-order valence-corrected chi connectivity index (χ1v) is 4.81. The van der Waals surface area contributed by atoms with Crippen LogP contribution >= 0.6 is 0 Å². The van der Waals surface area contributed by atoms with Crippen LogP contribution in [0, 0.1) is 0 Å². The van der Waals surface area contributed by atoms with Crippen molar-refractivity contribution in [1.82, 2.24) is 9.97 Å². The molecular weight excluding hydrogens is 206 g/mol. The van der Waals surface area contributed by atoms with Crippen LogP contribution < -0.4 is 5.32 Å². The summed E-state index contributed by atoms with van der Waals surface area (Å²) in [5, 5.41) is 3.39. The molecule has 0 atom stereocenters. The van der Waals surface area contributed by atoms with Crippen LogP contribution in [0.25, 0.3) is 10.9 Å². The SMILES string of the molecule is O=C1CC(=O)c2ccc3ncncc3c2N1. The fraction of sp³-hybridized carbons (Fsp3) is 0.0909. The van der Waals surface area contributed by atoms with E-state index in [4.69, 9.17) is 0 Å². The number of hydrogen-bond donors (Lipinski definition) is 1.